The Labute approximate surface area is 175 Å². The van der Waals surface area contributed by atoms with Crippen LogP contribution in [0.3, 0.4) is 0 Å². The second kappa shape index (κ2) is 10.1. The Morgan fingerprint density at radius 1 is 1.00 bits per heavy atom. The minimum atomic E-state index is -0.695. The molecule has 2 atom stereocenters. The van der Waals surface area contributed by atoms with Gasteiger partial charge in [-0.25, -0.2) is 9.59 Å². The molecule has 2 aliphatic rings. The van der Waals surface area contributed by atoms with Crippen molar-refractivity contribution in [2.24, 2.45) is 0 Å². The Kier molecular flexibility index (Phi) is 7.26. The second-order valence-corrected chi connectivity index (χ2v) is 7.37. The second-order valence-electron chi connectivity index (χ2n) is 7.37. The van der Waals surface area contributed by atoms with Gasteiger partial charge in [0.25, 0.3) is 0 Å². The fourth-order valence-electron chi connectivity index (χ4n) is 3.95. The summed E-state index contributed by atoms with van der Waals surface area (Å²) < 4.78 is 9.90. The lowest BCUT2D eigenvalue weighted by Gasteiger charge is -2.30. The standard InChI is InChI=1S/C21H27N3O6/c1-29-20(27)17-10-6-12-24(17)19(26)16-9-5-11-23(16)18(25)13-22-21(28)30-14-15-7-3-2-4-8-15/h2-4,7-8,16-17H,5-6,9-14H2,1H3,(H,22,28)/t16-,17+/m1/s1. The number of likely N-dealkylation sites (tertiary alicyclic amines) is 2. The van der Waals surface area contributed by atoms with E-state index >= 15 is 0 Å². The molecule has 0 bridgehead atoms. The number of methoxy groups -OCH3 is 1. The molecule has 3 amide bonds. The van der Waals surface area contributed by atoms with Gasteiger partial charge in [-0.05, 0) is 31.2 Å². The Balaban J connectivity index is 1.50. The number of hydrogen-bond acceptors (Lipinski definition) is 6. The molecule has 0 aromatic heterocycles. The Morgan fingerprint density at radius 2 is 1.67 bits per heavy atom. The van der Waals surface area contributed by atoms with Crippen LogP contribution in [0.2, 0.25) is 0 Å². The van der Waals surface area contributed by atoms with Gasteiger partial charge in [0, 0.05) is 13.1 Å². The average Bonchev–Trinajstić information content (AvgIpc) is 3.45. The molecule has 0 radical (unpaired) electrons. The molecule has 9 heteroatoms. The lowest BCUT2D eigenvalue weighted by atomic mass is 10.1. The maximum atomic E-state index is 13.0. The number of alkyl carbamates (subject to hydrolysis) is 1. The number of nitrogens with zero attached hydrogens (tertiary/aromatic N) is 2. The molecular formula is C21H27N3O6. The Morgan fingerprint density at radius 3 is 2.37 bits per heavy atom. The molecule has 1 aromatic carbocycles. The van der Waals surface area contributed by atoms with Crippen molar-refractivity contribution in [3.63, 3.8) is 0 Å². The van der Waals surface area contributed by atoms with Gasteiger partial charge in [-0.1, -0.05) is 30.3 Å². The molecule has 2 heterocycles. The van der Waals surface area contributed by atoms with Crippen molar-refractivity contribution in [1.29, 1.82) is 0 Å². The summed E-state index contributed by atoms with van der Waals surface area (Å²) in [5, 5.41) is 2.44. The predicted molar refractivity (Wildman–Crippen MR) is 106 cm³/mol. The van der Waals surface area contributed by atoms with Crippen molar-refractivity contribution in [2.45, 2.75) is 44.4 Å². The largest absolute Gasteiger partial charge is 0.467 e. The molecule has 0 aliphatic carbocycles. The van der Waals surface area contributed by atoms with Gasteiger partial charge in [-0.15, -0.1) is 0 Å². The van der Waals surface area contributed by atoms with Crippen molar-refractivity contribution >= 4 is 23.9 Å². The summed E-state index contributed by atoms with van der Waals surface area (Å²) in [5.74, 6) is -1.02. The summed E-state index contributed by atoms with van der Waals surface area (Å²) in [6.07, 6.45) is 1.82. The normalized spacial score (nSPS) is 20.7. The highest BCUT2D eigenvalue weighted by Gasteiger charge is 2.42. The van der Waals surface area contributed by atoms with Gasteiger partial charge >= 0.3 is 12.1 Å². The fraction of sp³-hybridized carbons (Fsp3) is 0.524. The van der Waals surface area contributed by atoms with Crippen LogP contribution in [-0.4, -0.2) is 72.5 Å². The number of nitrogens with one attached hydrogen (secondary N) is 1. The number of rotatable bonds is 6. The van der Waals surface area contributed by atoms with E-state index in [4.69, 9.17) is 9.47 Å². The highest BCUT2D eigenvalue weighted by molar-refractivity contribution is 5.92. The maximum absolute atomic E-state index is 13.0. The Hall–Kier alpha value is -3.10. The van der Waals surface area contributed by atoms with Gasteiger partial charge in [0.15, 0.2) is 0 Å². The molecule has 0 spiro atoms. The van der Waals surface area contributed by atoms with E-state index < -0.39 is 24.1 Å². The van der Waals surface area contributed by atoms with Crippen LogP contribution < -0.4 is 5.32 Å². The summed E-state index contributed by atoms with van der Waals surface area (Å²) in [4.78, 5) is 52.4. The lowest BCUT2D eigenvalue weighted by Crippen LogP contribution is -2.52. The predicted octanol–water partition coefficient (Wildman–Crippen LogP) is 1.07. The number of carbonyl (C=O) groups is 4. The Bertz CT molecular complexity index is 784. The first-order chi connectivity index (χ1) is 14.5. The summed E-state index contributed by atoms with van der Waals surface area (Å²) in [6.45, 7) is 0.765. The molecule has 9 nitrogen and oxygen atoms in total. The van der Waals surface area contributed by atoms with Crippen molar-refractivity contribution in [3.05, 3.63) is 35.9 Å². The summed E-state index contributed by atoms with van der Waals surface area (Å²) in [7, 11) is 1.30. The highest BCUT2D eigenvalue weighted by Crippen LogP contribution is 2.25. The van der Waals surface area contributed by atoms with Gasteiger partial charge in [-0.2, -0.15) is 0 Å². The maximum Gasteiger partial charge on any atom is 0.407 e. The first-order valence-corrected chi connectivity index (χ1v) is 10.1. The van der Waals surface area contributed by atoms with Crippen LogP contribution in [0.1, 0.15) is 31.2 Å². The van der Waals surface area contributed by atoms with Crippen molar-refractivity contribution < 1.29 is 28.7 Å². The van der Waals surface area contributed by atoms with E-state index in [2.05, 4.69) is 5.32 Å². The third-order valence-corrected chi connectivity index (χ3v) is 5.46. The zero-order chi connectivity index (χ0) is 21.5. The monoisotopic (exact) mass is 417 g/mol. The number of carbonyl (C=O) groups excluding carboxylic acids is 4. The van der Waals surface area contributed by atoms with Crippen LogP contribution in [0.25, 0.3) is 0 Å². The molecule has 2 saturated heterocycles. The molecule has 1 N–H and O–H groups in total. The van der Waals surface area contributed by atoms with Gasteiger partial charge < -0.3 is 24.6 Å². The summed E-state index contributed by atoms with van der Waals surface area (Å²) in [5.41, 5.74) is 0.843. The first kappa shape index (κ1) is 21.6. The van der Waals surface area contributed by atoms with E-state index in [1.807, 2.05) is 30.3 Å². The molecule has 30 heavy (non-hydrogen) atoms. The van der Waals surface area contributed by atoms with E-state index in [0.717, 1.165) is 12.0 Å². The van der Waals surface area contributed by atoms with E-state index in [1.165, 1.54) is 16.9 Å². The third kappa shape index (κ3) is 5.08. The zero-order valence-corrected chi connectivity index (χ0v) is 17.0. The molecule has 162 valence electrons. The number of benzene rings is 1. The van der Waals surface area contributed by atoms with Crippen LogP contribution in [0, 0.1) is 0 Å². The summed E-state index contributed by atoms with van der Waals surface area (Å²) >= 11 is 0. The van der Waals surface area contributed by atoms with Gasteiger partial charge in [0.05, 0.1) is 7.11 Å². The quantitative estimate of drug-likeness (QED) is 0.694. The smallest absolute Gasteiger partial charge is 0.407 e. The number of ether oxygens (including phenoxy) is 2. The van der Waals surface area contributed by atoms with Crippen LogP contribution in [-0.2, 0) is 30.5 Å². The van der Waals surface area contributed by atoms with Crippen LogP contribution >= 0.6 is 0 Å². The molecule has 3 rings (SSSR count). The van der Waals surface area contributed by atoms with Crippen molar-refractivity contribution in [2.75, 3.05) is 26.7 Å². The number of esters is 1. The van der Waals surface area contributed by atoms with Gasteiger partial charge in [-0.3, -0.25) is 9.59 Å². The van der Waals surface area contributed by atoms with Crippen LogP contribution in [0.4, 0.5) is 4.79 Å². The highest BCUT2D eigenvalue weighted by atomic mass is 16.5. The van der Waals surface area contributed by atoms with Crippen molar-refractivity contribution in [3.8, 4) is 0 Å². The van der Waals surface area contributed by atoms with Gasteiger partial charge in [0.1, 0.15) is 25.2 Å². The number of hydrogen-bond donors (Lipinski definition) is 1. The first-order valence-electron chi connectivity index (χ1n) is 10.1. The SMILES string of the molecule is COC(=O)[C@@H]1CCCN1C(=O)[C@H]1CCCN1C(=O)CNC(=O)OCc1ccccc1. The van der Waals surface area contributed by atoms with Crippen LogP contribution in [0.5, 0.6) is 0 Å². The van der Waals surface area contributed by atoms with E-state index in [1.54, 1.807) is 0 Å². The molecule has 2 aliphatic heterocycles. The zero-order valence-electron chi connectivity index (χ0n) is 17.0. The molecule has 0 unspecified atom stereocenters. The lowest BCUT2D eigenvalue weighted by molar-refractivity contribution is -0.153. The average molecular weight is 417 g/mol. The topological polar surface area (TPSA) is 105 Å². The molecular weight excluding hydrogens is 390 g/mol. The van der Waals surface area contributed by atoms with Crippen molar-refractivity contribution in [1.82, 2.24) is 15.1 Å². The molecule has 1 aromatic rings. The minimum absolute atomic E-state index is 0.107. The van der Waals surface area contributed by atoms with E-state index in [-0.39, 0.29) is 25.0 Å². The van der Waals surface area contributed by atoms with E-state index in [0.29, 0.717) is 32.4 Å². The summed E-state index contributed by atoms with van der Waals surface area (Å²) in [6, 6.07) is 8.00. The number of amides is 3. The third-order valence-electron chi connectivity index (χ3n) is 5.46. The minimum Gasteiger partial charge on any atom is -0.467 e. The molecule has 0 saturated carbocycles. The fourth-order valence-corrected chi connectivity index (χ4v) is 3.95. The molecule has 2 fully saturated rings. The van der Waals surface area contributed by atoms with Crippen LogP contribution in [0.15, 0.2) is 30.3 Å². The van der Waals surface area contributed by atoms with E-state index in [9.17, 15) is 19.2 Å². The van der Waals surface area contributed by atoms with Gasteiger partial charge in [0.2, 0.25) is 11.8 Å².